The Morgan fingerprint density at radius 1 is 1.22 bits per heavy atom. The molecule has 2 unspecified atom stereocenters. The van der Waals surface area contributed by atoms with Crippen LogP contribution in [0.3, 0.4) is 0 Å². The van der Waals surface area contributed by atoms with Gasteiger partial charge in [0.25, 0.3) is 0 Å². The molecule has 1 aromatic carbocycles. The molecule has 1 aromatic rings. The van der Waals surface area contributed by atoms with Gasteiger partial charge in [0.2, 0.25) is 5.91 Å². The van der Waals surface area contributed by atoms with Crippen LogP contribution in [0.2, 0.25) is 0 Å². The maximum atomic E-state index is 12.6. The maximum Gasteiger partial charge on any atom is 0.223 e. The van der Waals surface area contributed by atoms with Crippen LogP contribution in [-0.2, 0) is 4.79 Å². The van der Waals surface area contributed by atoms with Gasteiger partial charge in [-0.1, -0.05) is 18.2 Å². The molecule has 4 heteroatoms. The number of hydrogen-bond donors (Lipinski definition) is 2. The minimum atomic E-state index is 0.275. The number of nitrogens with one attached hydrogen (secondary N) is 2. The summed E-state index contributed by atoms with van der Waals surface area (Å²) < 4.78 is 0. The van der Waals surface area contributed by atoms with Gasteiger partial charge in [0.1, 0.15) is 0 Å². The van der Waals surface area contributed by atoms with Crippen LogP contribution in [0.4, 0.5) is 5.69 Å². The average Bonchev–Trinajstić information content (AvgIpc) is 3.30. The summed E-state index contributed by atoms with van der Waals surface area (Å²) in [5, 5.41) is 6.76. The van der Waals surface area contributed by atoms with E-state index >= 15 is 0 Å². The predicted molar refractivity (Wildman–Crippen MR) is 92.5 cm³/mol. The fourth-order valence-corrected chi connectivity index (χ4v) is 4.47. The minimum Gasteiger partial charge on any atom is -0.369 e. The highest BCUT2D eigenvalue weighted by atomic mass is 16.2. The van der Waals surface area contributed by atoms with Gasteiger partial charge >= 0.3 is 0 Å². The first kappa shape index (κ1) is 15.0. The topological polar surface area (TPSA) is 44.4 Å². The lowest BCUT2D eigenvalue weighted by Gasteiger charge is -2.35. The first-order valence-electron chi connectivity index (χ1n) is 9.08. The minimum absolute atomic E-state index is 0.275. The fourth-order valence-electron chi connectivity index (χ4n) is 4.47. The Morgan fingerprint density at radius 2 is 2.00 bits per heavy atom. The summed E-state index contributed by atoms with van der Waals surface area (Å²) in [6.07, 6.45) is 5.71. The van der Waals surface area contributed by atoms with E-state index < -0.39 is 0 Å². The zero-order valence-electron chi connectivity index (χ0n) is 13.8. The molecule has 2 atom stereocenters. The second-order valence-electron chi connectivity index (χ2n) is 7.50. The van der Waals surface area contributed by atoms with E-state index in [1.54, 1.807) is 0 Å². The molecule has 2 heterocycles. The largest absolute Gasteiger partial charge is 0.369 e. The summed E-state index contributed by atoms with van der Waals surface area (Å²) >= 11 is 0. The number of para-hydroxylation sites is 1. The van der Waals surface area contributed by atoms with Crippen molar-refractivity contribution in [2.24, 2.45) is 11.3 Å². The van der Waals surface area contributed by atoms with Gasteiger partial charge in [0, 0.05) is 30.7 Å². The summed E-state index contributed by atoms with van der Waals surface area (Å²) in [6, 6.07) is 10.9. The van der Waals surface area contributed by atoms with Crippen molar-refractivity contribution in [3.63, 3.8) is 0 Å². The van der Waals surface area contributed by atoms with E-state index in [1.165, 1.54) is 18.5 Å². The van der Waals surface area contributed by atoms with Crippen molar-refractivity contribution in [2.45, 2.75) is 38.1 Å². The molecule has 1 aliphatic carbocycles. The van der Waals surface area contributed by atoms with Crippen molar-refractivity contribution in [2.75, 3.05) is 31.1 Å². The molecule has 124 valence electrons. The second-order valence-corrected chi connectivity index (χ2v) is 7.50. The third kappa shape index (κ3) is 3.09. The lowest BCUT2D eigenvalue weighted by Crippen LogP contribution is -2.48. The van der Waals surface area contributed by atoms with Crippen LogP contribution in [0.1, 0.15) is 32.1 Å². The van der Waals surface area contributed by atoms with Gasteiger partial charge < -0.3 is 15.5 Å². The number of amides is 1. The standard InChI is InChI=1S/C19H27N3O/c23-18(17-13-19(17)8-10-20-11-9-19)21-15-5-4-12-22(14-15)16-6-2-1-3-7-16/h1-3,6-7,15,17,20H,4-5,8-14H2,(H,21,23). The van der Waals surface area contributed by atoms with Gasteiger partial charge in [-0.3, -0.25) is 4.79 Å². The van der Waals surface area contributed by atoms with Crippen LogP contribution in [0.25, 0.3) is 0 Å². The van der Waals surface area contributed by atoms with Gasteiger partial charge in [-0.25, -0.2) is 0 Å². The third-order valence-electron chi connectivity index (χ3n) is 5.99. The molecule has 1 spiro atoms. The number of carbonyl (C=O) groups is 1. The van der Waals surface area contributed by atoms with Crippen LogP contribution in [-0.4, -0.2) is 38.1 Å². The quantitative estimate of drug-likeness (QED) is 0.899. The third-order valence-corrected chi connectivity index (χ3v) is 5.99. The molecular weight excluding hydrogens is 286 g/mol. The summed E-state index contributed by atoms with van der Waals surface area (Å²) in [6.45, 7) is 4.19. The molecule has 4 rings (SSSR count). The predicted octanol–water partition coefficient (Wildman–Crippen LogP) is 2.16. The smallest absolute Gasteiger partial charge is 0.223 e. The van der Waals surface area contributed by atoms with E-state index in [0.717, 1.165) is 45.4 Å². The van der Waals surface area contributed by atoms with Gasteiger partial charge in [0.05, 0.1) is 0 Å². The Morgan fingerprint density at radius 3 is 2.78 bits per heavy atom. The zero-order valence-corrected chi connectivity index (χ0v) is 13.8. The number of anilines is 1. The number of rotatable bonds is 3. The summed E-state index contributed by atoms with van der Waals surface area (Å²) in [5.41, 5.74) is 1.61. The lowest BCUT2D eigenvalue weighted by molar-refractivity contribution is -0.124. The molecule has 0 bridgehead atoms. The number of piperidine rings is 2. The first-order valence-corrected chi connectivity index (χ1v) is 9.08. The van der Waals surface area contributed by atoms with Crippen molar-refractivity contribution in [1.29, 1.82) is 0 Å². The normalized spacial score (nSPS) is 29.3. The summed E-state index contributed by atoms with van der Waals surface area (Å²) in [5.74, 6) is 0.587. The zero-order chi connectivity index (χ0) is 15.7. The van der Waals surface area contributed by atoms with Crippen molar-refractivity contribution in [1.82, 2.24) is 10.6 Å². The molecule has 2 N–H and O–H groups in total. The Kier molecular flexibility index (Phi) is 4.02. The van der Waals surface area contributed by atoms with Crippen molar-refractivity contribution in [3.8, 4) is 0 Å². The second kappa shape index (κ2) is 6.16. The Labute approximate surface area is 138 Å². The average molecular weight is 313 g/mol. The molecule has 2 saturated heterocycles. The molecular formula is C19H27N3O. The van der Waals surface area contributed by atoms with Gasteiger partial charge in [0.15, 0.2) is 0 Å². The maximum absolute atomic E-state index is 12.6. The molecule has 3 fully saturated rings. The molecule has 1 amide bonds. The van der Waals surface area contributed by atoms with E-state index in [1.807, 2.05) is 0 Å². The van der Waals surface area contributed by atoms with E-state index in [9.17, 15) is 4.79 Å². The van der Waals surface area contributed by atoms with Crippen LogP contribution in [0.15, 0.2) is 30.3 Å². The van der Waals surface area contributed by atoms with Gasteiger partial charge in [-0.2, -0.15) is 0 Å². The van der Waals surface area contributed by atoms with Gasteiger partial charge in [-0.15, -0.1) is 0 Å². The van der Waals surface area contributed by atoms with Crippen molar-refractivity contribution >= 4 is 11.6 Å². The Balaban J connectivity index is 1.33. The van der Waals surface area contributed by atoms with Gasteiger partial charge in [-0.05, 0) is 62.7 Å². The van der Waals surface area contributed by atoms with E-state index in [2.05, 4.69) is 45.9 Å². The Hall–Kier alpha value is -1.55. The first-order chi connectivity index (χ1) is 11.3. The highest BCUT2D eigenvalue weighted by Crippen LogP contribution is 2.58. The monoisotopic (exact) mass is 313 g/mol. The van der Waals surface area contributed by atoms with Crippen molar-refractivity contribution in [3.05, 3.63) is 30.3 Å². The van der Waals surface area contributed by atoms with Crippen LogP contribution in [0, 0.1) is 11.3 Å². The summed E-state index contributed by atoms with van der Waals surface area (Å²) in [7, 11) is 0. The fraction of sp³-hybridized carbons (Fsp3) is 0.632. The molecule has 2 aliphatic heterocycles. The number of carbonyl (C=O) groups excluding carboxylic acids is 1. The van der Waals surface area contributed by atoms with Crippen LogP contribution < -0.4 is 15.5 Å². The molecule has 4 nitrogen and oxygen atoms in total. The highest BCUT2D eigenvalue weighted by molar-refractivity contribution is 5.83. The van der Waals surface area contributed by atoms with Crippen LogP contribution in [0.5, 0.6) is 0 Å². The molecule has 0 radical (unpaired) electrons. The van der Waals surface area contributed by atoms with E-state index in [0.29, 0.717) is 17.4 Å². The summed E-state index contributed by atoms with van der Waals surface area (Å²) in [4.78, 5) is 15.0. The number of nitrogens with zero attached hydrogens (tertiary/aromatic N) is 1. The lowest BCUT2D eigenvalue weighted by atomic mass is 9.91. The SMILES string of the molecule is O=C(NC1CCCN(c2ccccc2)C1)C1CC12CCNCC2. The van der Waals surface area contributed by atoms with Crippen molar-refractivity contribution < 1.29 is 4.79 Å². The molecule has 23 heavy (non-hydrogen) atoms. The van der Waals surface area contributed by atoms with E-state index in [4.69, 9.17) is 0 Å². The van der Waals surface area contributed by atoms with E-state index in [-0.39, 0.29) is 5.92 Å². The molecule has 3 aliphatic rings. The highest BCUT2D eigenvalue weighted by Gasteiger charge is 2.57. The number of hydrogen-bond acceptors (Lipinski definition) is 3. The Bertz CT molecular complexity index is 553. The number of benzene rings is 1. The molecule has 0 aromatic heterocycles. The van der Waals surface area contributed by atoms with Crippen LogP contribution >= 0.6 is 0 Å². The molecule has 1 saturated carbocycles.